The maximum Gasteiger partial charge on any atom is 0.325 e. The molecule has 1 spiro atoms. The van der Waals surface area contributed by atoms with Gasteiger partial charge in [0.15, 0.2) is 11.3 Å². The van der Waals surface area contributed by atoms with Crippen molar-refractivity contribution < 1.29 is 19.1 Å². The Morgan fingerprint density at radius 2 is 1.96 bits per heavy atom. The summed E-state index contributed by atoms with van der Waals surface area (Å²) in [6.07, 6.45) is 0.336. The molecule has 2 aliphatic heterocycles. The van der Waals surface area contributed by atoms with E-state index in [2.05, 4.69) is 5.32 Å². The lowest BCUT2D eigenvalue weighted by Gasteiger charge is -2.33. The molecule has 0 aliphatic carbocycles. The van der Waals surface area contributed by atoms with Crippen molar-refractivity contribution in [2.24, 2.45) is 0 Å². The summed E-state index contributed by atoms with van der Waals surface area (Å²) in [6, 6.07) is 12.1. The molecule has 6 nitrogen and oxygen atoms in total. The molecular formula is C21H20N2O4. The van der Waals surface area contributed by atoms with Crippen molar-refractivity contribution in [2.45, 2.75) is 25.8 Å². The third-order valence-corrected chi connectivity index (χ3v) is 5.24. The highest BCUT2D eigenvalue weighted by atomic mass is 16.5. The number of para-hydroxylation sites is 1. The largest absolute Gasteiger partial charge is 0.493 e. The number of nitrogens with zero attached hydrogens (tertiary/aromatic N) is 1. The molecular weight excluding hydrogens is 344 g/mol. The number of carbonyl (C=O) groups excluding carboxylic acids is 3. The first kappa shape index (κ1) is 17.3. The molecule has 0 radical (unpaired) electrons. The Morgan fingerprint density at radius 1 is 1.19 bits per heavy atom. The molecule has 138 valence electrons. The van der Waals surface area contributed by atoms with Gasteiger partial charge in [-0.3, -0.25) is 14.5 Å². The van der Waals surface area contributed by atoms with Crippen LogP contribution in [-0.2, 0) is 10.3 Å². The lowest BCUT2D eigenvalue weighted by molar-refractivity contribution is -0.132. The van der Waals surface area contributed by atoms with E-state index >= 15 is 0 Å². The zero-order chi connectivity index (χ0) is 19.2. The predicted octanol–water partition coefficient (Wildman–Crippen LogP) is 2.72. The molecule has 2 aromatic carbocycles. The average molecular weight is 364 g/mol. The van der Waals surface area contributed by atoms with Gasteiger partial charge in [-0.05, 0) is 25.5 Å². The van der Waals surface area contributed by atoms with Gasteiger partial charge in [-0.15, -0.1) is 0 Å². The highest BCUT2D eigenvalue weighted by Gasteiger charge is 2.55. The summed E-state index contributed by atoms with van der Waals surface area (Å²) in [6.45, 7) is 3.84. The Hall–Kier alpha value is -3.15. The Kier molecular flexibility index (Phi) is 3.98. The van der Waals surface area contributed by atoms with Crippen LogP contribution in [0.2, 0.25) is 0 Å². The van der Waals surface area contributed by atoms with E-state index < -0.39 is 17.5 Å². The third kappa shape index (κ3) is 2.68. The normalized spacial score (nSPS) is 21.0. The first-order valence-corrected chi connectivity index (χ1v) is 8.89. The Bertz CT molecular complexity index is 968. The number of rotatable bonds is 3. The Labute approximate surface area is 157 Å². The van der Waals surface area contributed by atoms with E-state index in [0.717, 1.165) is 16.0 Å². The SMILES string of the molecule is Cc1ccc(C(=O)CN2C(=O)NC3(CCOc4ccccc43)C2=O)c(C)c1. The average Bonchev–Trinajstić information content (AvgIpc) is 2.87. The fourth-order valence-corrected chi connectivity index (χ4v) is 3.87. The fourth-order valence-electron chi connectivity index (χ4n) is 3.87. The van der Waals surface area contributed by atoms with Gasteiger partial charge in [-0.1, -0.05) is 42.0 Å². The van der Waals surface area contributed by atoms with E-state index in [0.29, 0.717) is 29.9 Å². The van der Waals surface area contributed by atoms with Crippen LogP contribution in [0.15, 0.2) is 42.5 Å². The lowest BCUT2D eigenvalue weighted by atomic mass is 9.84. The quantitative estimate of drug-likeness (QED) is 0.671. The summed E-state index contributed by atoms with van der Waals surface area (Å²) >= 11 is 0. The van der Waals surface area contributed by atoms with Gasteiger partial charge >= 0.3 is 6.03 Å². The number of Topliss-reactive ketones (excluding diaryl/α,β-unsaturated/α-hetero) is 1. The summed E-state index contributed by atoms with van der Waals surface area (Å²) in [5.41, 5.74) is 1.88. The van der Waals surface area contributed by atoms with E-state index in [-0.39, 0.29) is 12.3 Å². The molecule has 0 aromatic heterocycles. The van der Waals surface area contributed by atoms with Gasteiger partial charge in [0.1, 0.15) is 5.75 Å². The standard InChI is InChI=1S/C21H20N2O4/c1-13-7-8-15(14(2)11-13)17(24)12-23-19(25)21(22-20(23)26)9-10-27-18-6-4-3-5-16(18)21/h3-8,11H,9-10,12H2,1-2H3,(H,22,26). The van der Waals surface area contributed by atoms with Gasteiger partial charge in [-0.2, -0.15) is 0 Å². The molecule has 1 N–H and O–H groups in total. The molecule has 1 atom stereocenters. The molecule has 3 amide bonds. The van der Waals surface area contributed by atoms with Crippen molar-refractivity contribution >= 4 is 17.7 Å². The van der Waals surface area contributed by atoms with Crippen LogP contribution in [0.4, 0.5) is 4.79 Å². The zero-order valence-electron chi connectivity index (χ0n) is 15.2. The number of urea groups is 1. The Morgan fingerprint density at radius 3 is 2.74 bits per heavy atom. The number of aryl methyl sites for hydroxylation is 2. The molecule has 4 rings (SSSR count). The number of fused-ring (bicyclic) bond motifs is 2. The number of ketones is 1. The first-order valence-electron chi connectivity index (χ1n) is 8.89. The van der Waals surface area contributed by atoms with Crippen LogP contribution in [0.1, 0.15) is 33.5 Å². The molecule has 1 fully saturated rings. The molecule has 2 aromatic rings. The second-order valence-corrected chi connectivity index (χ2v) is 7.06. The van der Waals surface area contributed by atoms with E-state index in [1.54, 1.807) is 24.3 Å². The number of hydrogen-bond donors (Lipinski definition) is 1. The summed E-state index contributed by atoms with van der Waals surface area (Å²) in [7, 11) is 0. The lowest BCUT2D eigenvalue weighted by Crippen LogP contribution is -2.47. The molecule has 0 bridgehead atoms. The second kappa shape index (κ2) is 6.23. The molecule has 2 heterocycles. The molecule has 1 saturated heterocycles. The summed E-state index contributed by atoms with van der Waals surface area (Å²) in [5, 5.41) is 2.81. The number of nitrogens with one attached hydrogen (secondary N) is 1. The number of hydrogen-bond acceptors (Lipinski definition) is 4. The molecule has 27 heavy (non-hydrogen) atoms. The van der Waals surface area contributed by atoms with Crippen molar-refractivity contribution in [3.8, 4) is 5.75 Å². The second-order valence-electron chi connectivity index (χ2n) is 7.06. The van der Waals surface area contributed by atoms with Crippen LogP contribution < -0.4 is 10.1 Å². The Balaban J connectivity index is 1.64. The molecule has 2 aliphatic rings. The fraction of sp³-hybridized carbons (Fsp3) is 0.286. The van der Waals surface area contributed by atoms with Crippen LogP contribution in [0, 0.1) is 13.8 Å². The van der Waals surface area contributed by atoms with Crippen molar-refractivity contribution in [1.82, 2.24) is 10.2 Å². The zero-order valence-corrected chi connectivity index (χ0v) is 15.2. The molecule has 0 saturated carbocycles. The smallest absolute Gasteiger partial charge is 0.325 e. The highest BCUT2D eigenvalue weighted by molar-refractivity contribution is 6.12. The van der Waals surface area contributed by atoms with Crippen LogP contribution in [0.5, 0.6) is 5.75 Å². The highest BCUT2D eigenvalue weighted by Crippen LogP contribution is 2.40. The van der Waals surface area contributed by atoms with Gasteiger partial charge in [0, 0.05) is 17.5 Å². The van der Waals surface area contributed by atoms with Crippen LogP contribution in [0.3, 0.4) is 0 Å². The van der Waals surface area contributed by atoms with Crippen LogP contribution in [0.25, 0.3) is 0 Å². The van der Waals surface area contributed by atoms with Gasteiger partial charge < -0.3 is 10.1 Å². The number of ether oxygens (including phenoxy) is 1. The van der Waals surface area contributed by atoms with Gasteiger partial charge in [0.2, 0.25) is 0 Å². The van der Waals surface area contributed by atoms with E-state index in [4.69, 9.17) is 4.74 Å². The van der Waals surface area contributed by atoms with E-state index in [1.807, 2.05) is 32.0 Å². The van der Waals surface area contributed by atoms with E-state index in [9.17, 15) is 14.4 Å². The predicted molar refractivity (Wildman–Crippen MR) is 98.7 cm³/mol. The minimum atomic E-state index is -1.16. The van der Waals surface area contributed by atoms with Gasteiger partial charge in [0.05, 0.1) is 13.2 Å². The summed E-state index contributed by atoms with van der Waals surface area (Å²) < 4.78 is 5.62. The summed E-state index contributed by atoms with van der Waals surface area (Å²) in [4.78, 5) is 39.5. The maximum absolute atomic E-state index is 13.2. The van der Waals surface area contributed by atoms with Crippen molar-refractivity contribution in [1.29, 1.82) is 0 Å². The van der Waals surface area contributed by atoms with Crippen molar-refractivity contribution in [2.75, 3.05) is 13.2 Å². The van der Waals surface area contributed by atoms with Crippen molar-refractivity contribution in [3.63, 3.8) is 0 Å². The molecule has 1 unspecified atom stereocenters. The molecule has 6 heteroatoms. The number of imide groups is 1. The number of amides is 3. The number of benzene rings is 2. The monoisotopic (exact) mass is 364 g/mol. The third-order valence-electron chi connectivity index (χ3n) is 5.24. The topological polar surface area (TPSA) is 75.7 Å². The maximum atomic E-state index is 13.2. The first-order chi connectivity index (χ1) is 12.9. The van der Waals surface area contributed by atoms with Crippen LogP contribution >= 0.6 is 0 Å². The van der Waals surface area contributed by atoms with Crippen molar-refractivity contribution in [3.05, 3.63) is 64.7 Å². The minimum Gasteiger partial charge on any atom is -0.493 e. The van der Waals surface area contributed by atoms with Crippen LogP contribution in [-0.4, -0.2) is 35.8 Å². The van der Waals surface area contributed by atoms with E-state index in [1.165, 1.54) is 0 Å². The minimum absolute atomic E-state index is 0.256. The van der Waals surface area contributed by atoms with Gasteiger partial charge in [0.25, 0.3) is 5.91 Å². The van der Waals surface area contributed by atoms with Gasteiger partial charge in [-0.25, -0.2) is 4.79 Å². The number of carbonyl (C=O) groups is 3. The summed E-state index contributed by atoms with van der Waals surface area (Å²) in [5.74, 6) is -0.0743.